The molecule has 3 rings (SSSR count). The van der Waals surface area contributed by atoms with E-state index in [-0.39, 0.29) is 11.9 Å². The molecule has 28 heavy (non-hydrogen) atoms. The Hall–Kier alpha value is -3.28. The molecule has 1 aromatic carbocycles. The Bertz CT molecular complexity index is 899. The second-order valence-corrected chi connectivity index (χ2v) is 6.39. The van der Waals surface area contributed by atoms with Gasteiger partial charge in [0.25, 0.3) is 0 Å². The lowest BCUT2D eigenvalue weighted by molar-refractivity contribution is -0.138. The Kier molecular flexibility index (Phi) is 5.40. The minimum Gasteiger partial charge on any atom is -0.465 e. The highest BCUT2D eigenvalue weighted by atomic mass is 19.4. The Morgan fingerprint density at radius 1 is 1.25 bits per heavy atom. The van der Waals surface area contributed by atoms with Gasteiger partial charge in [0, 0.05) is 25.0 Å². The van der Waals surface area contributed by atoms with Gasteiger partial charge in [0.15, 0.2) is 0 Å². The van der Waals surface area contributed by atoms with Crippen LogP contribution in [0.15, 0.2) is 30.5 Å². The second kappa shape index (κ2) is 7.76. The Morgan fingerprint density at radius 3 is 2.43 bits per heavy atom. The van der Waals surface area contributed by atoms with E-state index in [9.17, 15) is 18.0 Å². The van der Waals surface area contributed by atoms with Crippen molar-refractivity contribution in [2.24, 2.45) is 0 Å². The summed E-state index contributed by atoms with van der Waals surface area (Å²) < 4.78 is 38.6. The van der Waals surface area contributed by atoms with E-state index in [0.29, 0.717) is 25.0 Å². The number of amides is 1. The summed E-state index contributed by atoms with van der Waals surface area (Å²) in [6.07, 6.45) is 1.76. The Morgan fingerprint density at radius 2 is 1.89 bits per heavy atom. The number of nitrogens with zero attached hydrogens (tertiary/aromatic N) is 3. The molecule has 2 N–H and O–H groups in total. The van der Waals surface area contributed by atoms with Crippen LogP contribution in [0.4, 0.5) is 29.6 Å². The maximum atomic E-state index is 12.9. The van der Waals surface area contributed by atoms with Crippen molar-refractivity contribution in [1.29, 1.82) is 0 Å². The van der Waals surface area contributed by atoms with Crippen LogP contribution in [0.1, 0.15) is 35.6 Å². The number of benzene rings is 1. The van der Waals surface area contributed by atoms with E-state index in [0.717, 1.165) is 18.4 Å². The average Bonchev–Trinajstić information content (AvgIpc) is 2.67. The van der Waals surface area contributed by atoms with Gasteiger partial charge in [-0.05, 0) is 42.4 Å². The number of nitrogens with one attached hydrogen (secondary N) is 1. The number of hydrogen-bond acceptors (Lipinski definition) is 4. The van der Waals surface area contributed by atoms with Crippen LogP contribution in [0, 0.1) is 12.3 Å². The number of anilines is 2. The number of aromatic nitrogens is 2. The molecule has 1 aliphatic rings. The lowest BCUT2D eigenvalue weighted by Crippen LogP contribution is -2.36. The number of carbonyl (C=O) groups is 1. The van der Waals surface area contributed by atoms with Crippen molar-refractivity contribution in [3.05, 3.63) is 47.3 Å². The molecule has 1 fully saturated rings. The first-order valence-electron chi connectivity index (χ1n) is 8.53. The molecule has 1 saturated heterocycles. The van der Waals surface area contributed by atoms with Gasteiger partial charge in [0.05, 0.1) is 0 Å². The van der Waals surface area contributed by atoms with Crippen LogP contribution < -0.4 is 5.32 Å². The molecule has 2 aromatic rings. The fourth-order valence-electron chi connectivity index (χ4n) is 3.13. The van der Waals surface area contributed by atoms with E-state index in [1.54, 1.807) is 12.1 Å². The maximum Gasteiger partial charge on any atom is 0.420 e. The van der Waals surface area contributed by atoms with Gasteiger partial charge in [-0.1, -0.05) is 12.1 Å². The van der Waals surface area contributed by atoms with Crippen LogP contribution in [0.25, 0.3) is 0 Å². The monoisotopic (exact) mass is 390 g/mol. The van der Waals surface area contributed by atoms with E-state index in [4.69, 9.17) is 11.5 Å². The van der Waals surface area contributed by atoms with Crippen molar-refractivity contribution in [2.75, 3.05) is 18.4 Å². The first-order valence-corrected chi connectivity index (χ1v) is 8.53. The summed E-state index contributed by atoms with van der Waals surface area (Å²) in [4.78, 5) is 19.8. The average molecular weight is 390 g/mol. The number of rotatable bonds is 3. The number of carboxylic acid groups (broad SMARTS) is 1. The summed E-state index contributed by atoms with van der Waals surface area (Å²) in [7, 11) is 0. The van der Waals surface area contributed by atoms with Crippen LogP contribution in [-0.4, -0.2) is 39.2 Å². The number of hydrogen-bond donors (Lipinski definition) is 2. The number of terminal acetylenes is 1. The molecule has 6 nitrogen and oxygen atoms in total. The summed E-state index contributed by atoms with van der Waals surface area (Å²) in [5.41, 5.74) is 0.109. The minimum atomic E-state index is -4.61. The molecule has 0 unspecified atom stereocenters. The normalized spacial score (nSPS) is 15.1. The smallest absolute Gasteiger partial charge is 0.420 e. The molecule has 0 bridgehead atoms. The second-order valence-electron chi connectivity index (χ2n) is 6.39. The van der Waals surface area contributed by atoms with Crippen molar-refractivity contribution >= 4 is 17.7 Å². The van der Waals surface area contributed by atoms with Crippen LogP contribution in [0.3, 0.4) is 0 Å². The SMILES string of the molecule is C#Cc1nc(Nc2ccc(C3CCN(C(=O)O)CC3)cc2)ncc1C(F)(F)F. The molecule has 1 amide bonds. The summed E-state index contributed by atoms with van der Waals surface area (Å²) in [5.74, 6) is 2.17. The first-order chi connectivity index (χ1) is 13.3. The standard InChI is InChI=1S/C19H17F3N4O2/c1-2-16-15(19(20,21)22)11-23-17(25-16)24-14-5-3-12(4-6-14)13-7-9-26(10-8-13)18(27)28/h1,3-6,11,13H,7-10H2,(H,27,28)(H,23,24,25). The van der Waals surface area contributed by atoms with Gasteiger partial charge in [-0.3, -0.25) is 0 Å². The maximum absolute atomic E-state index is 12.9. The molecule has 9 heteroatoms. The van der Waals surface area contributed by atoms with Gasteiger partial charge in [0.2, 0.25) is 5.95 Å². The minimum absolute atomic E-state index is 0.0246. The number of likely N-dealkylation sites (tertiary alicyclic amines) is 1. The molecule has 1 aromatic heterocycles. The third kappa shape index (κ3) is 4.34. The number of piperidine rings is 1. The highest BCUT2D eigenvalue weighted by Crippen LogP contribution is 2.32. The Balaban J connectivity index is 1.68. The van der Waals surface area contributed by atoms with Crippen molar-refractivity contribution in [3.63, 3.8) is 0 Å². The molecule has 0 radical (unpaired) electrons. The zero-order valence-electron chi connectivity index (χ0n) is 14.7. The molecule has 2 heterocycles. The van der Waals surface area contributed by atoms with E-state index >= 15 is 0 Å². The van der Waals surface area contributed by atoms with Gasteiger partial charge in [-0.2, -0.15) is 13.2 Å². The predicted octanol–water partition coefficient (Wildman–Crippen LogP) is 4.08. The molecule has 1 aliphatic heterocycles. The van der Waals surface area contributed by atoms with Crippen molar-refractivity contribution in [1.82, 2.24) is 14.9 Å². The lowest BCUT2D eigenvalue weighted by atomic mass is 9.89. The van der Waals surface area contributed by atoms with Gasteiger partial charge >= 0.3 is 12.3 Å². The molecule has 0 aliphatic carbocycles. The highest BCUT2D eigenvalue weighted by molar-refractivity contribution is 5.65. The Labute approximate surface area is 159 Å². The van der Waals surface area contributed by atoms with Crippen LogP contribution in [-0.2, 0) is 6.18 Å². The molecular formula is C19H17F3N4O2. The zero-order valence-corrected chi connectivity index (χ0v) is 14.7. The molecular weight excluding hydrogens is 373 g/mol. The predicted molar refractivity (Wildman–Crippen MR) is 96.3 cm³/mol. The summed E-state index contributed by atoms with van der Waals surface area (Å²) >= 11 is 0. The van der Waals surface area contributed by atoms with Crippen molar-refractivity contribution in [3.8, 4) is 12.3 Å². The number of alkyl halides is 3. The third-order valence-electron chi connectivity index (χ3n) is 4.63. The summed E-state index contributed by atoms with van der Waals surface area (Å²) in [6.45, 7) is 0.989. The van der Waals surface area contributed by atoms with E-state index in [1.807, 2.05) is 18.1 Å². The summed E-state index contributed by atoms with van der Waals surface area (Å²) in [5, 5.41) is 11.8. The van der Waals surface area contributed by atoms with Crippen molar-refractivity contribution < 1.29 is 23.1 Å². The zero-order chi connectivity index (χ0) is 20.3. The lowest BCUT2D eigenvalue weighted by Gasteiger charge is -2.30. The van der Waals surface area contributed by atoms with Crippen molar-refractivity contribution in [2.45, 2.75) is 24.9 Å². The fourth-order valence-corrected chi connectivity index (χ4v) is 3.13. The molecule has 0 saturated carbocycles. The van der Waals surface area contributed by atoms with Gasteiger partial charge in [0.1, 0.15) is 11.3 Å². The van der Waals surface area contributed by atoms with Gasteiger partial charge < -0.3 is 15.3 Å². The fraction of sp³-hybridized carbons (Fsp3) is 0.316. The van der Waals surface area contributed by atoms with Crippen LogP contribution in [0.2, 0.25) is 0 Å². The van der Waals surface area contributed by atoms with Crippen LogP contribution in [0.5, 0.6) is 0 Å². The first kappa shape index (κ1) is 19.5. The van der Waals surface area contributed by atoms with E-state index in [2.05, 4.69) is 15.3 Å². The van der Waals surface area contributed by atoms with Crippen LogP contribution >= 0.6 is 0 Å². The highest BCUT2D eigenvalue weighted by Gasteiger charge is 2.34. The van der Waals surface area contributed by atoms with E-state index < -0.39 is 23.5 Å². The molecule has 146 valence electrons. The van der Waals surface area contributed by atoms with E-state index in [1.165, 1.54) is 4.90 Å². The molecule has 0 spiro atoms. The summed E-state index contributed by atoms with van der Waals surface area (Å²) in [6, 6.07) is 7.34. The topological polar surface area (TPSA) is 78.4 Å². The van der Waals surface area contributed by atoms with Gasteiger partial charge in [-0.15, -0.1) is 6.42 Å². The largest absolute Gasteiger partial charge is 0.465 e. The molecule has 0 atom stereocenters. The number of halogens is 3. The third-order valence-corrected chi connectivity index (χ3v) is 4.63. The quantitative estimate of drug-likeness (QED) is 0.773. The van der Waals surface area contributed by atoms with Gasteiger partial charge in [-0.25, -0.2) is 14.8 Å².